The molecule has 2 aromatic carbocycles. The highest BCUT2D eigenvalue weighted by Crippen LogP contribution is 2.20. The fourth-order valence-corrected chi connectivity index (χ4v) is 2.64. The molecule has 0 saturated carbocycles. The molecule has 116 valence electrons. The van der Waals surface area contributed by atoms with Crippen molar-refractivity contribution in [2.45, 2.75) is 6.54 Å². The Morgan fingerprint density at radius 1 is 1.04 bits per heavy atom. The smallest absolute Gasteiger partial charge is 0.227 e. The molecule has 0 fully saturated rings. The summed E-state index contributed by atoms with van der Waals surface area (Å²) in [7, 11) is 1.99. The van der Waals surface area contributed by atoms with E-state index >= 15 is 0 Å². The number of hydrogen-bond donors (Lipinski definition) is 1. The number of nitrogens with zero attached hydrogens (tertiary/aromatic N) is 3. The van der Waals surface area contributed by atoms with Crippen molar-refractivity contribution in [1.82, 2.24) is 9.97 Å². The van der Waals surface area contributed by atoms with Crippen LogP contribution >= 0.6 is 15.9 Å². The van der Waals surface area contributed by atoms with Gasteiger partial charge < -0.3 is 10.2 Å². The second-order valence-electron chi connectivity index (χ2n) is 5.22. The predicted octanol–water partition coefficient (Wildman–Crippen LogP) is 4.62. The van der Waals surface area contributed by atoms with Gasteiger partial charge in [0.25, 0.3) is 0 Å². The van der Waals surface area contributed by atoms with E-state index in [9.17, 15) is 0 Å². The number of aromatic nitrogens is 2. The summed E-state index contributed by atoms with van der Waals surface area (Å²) in [6.45, 7) is 0.765. The Hall–Kier alpha value is -2.40. The highest BCUT2D eigenvalue weighted by atomic mass is 79.9. The van der Waals surface area contributed by atoms with Crippen molar-refractivity contribution in [1.29, 1.82) is 0 Å². The molecule has 3 rings (SSSR count). The molecule has 4 nitrogen and oxygen atoms in total. The first-order chi connectivity index (χ1) is 11.2. The van der Waals surface area contributed by atoms with Crippen molar-refractivity contribution in [2.75, 3.05) is 17.3 Å². The lowest BCUT2D eigenvalue weighted by atomic mass is 10.2. The minimum atomic E-state index is 0.689. The van der Waals surface area contributed by atoms with Crippen LogP contribution in [-0.4, -0.2) is 17.0 Å². The van der Waals surface area contributed by atoms with Gasteiger partial charge in [0.1, 0.15) is 5.82 Å². The largest absolute Gasteiger partial charge is 0.340 e. The molecule has 5 heteroatoms. The monoisotopic (exact) mass is 368 g/mol. The van der Waals surface area contributed by atoms with Crippen LogP contribution in [0.2, 0.25) is 0 Å². The Kier molecular flexibility index (Phi) is 4.88. The summed E-state index contributed by atoms with van der Waals surface area (Å²) in [5, 5.41) is 3.30. The summed E-state index contributed by atoms with van der Waals surface area (Å²) in [4.78, 5) is 11.0. The molecule has 0 radical (unpaired) electrons. The van der Waals surface area contributed by atoms with E-state index in [1.807, 2.05) is 60.5 Å². The van der Waals surface area contributed by atoms with Crippen LogP contribution in [0.5, 0.6) is 0 Å². The second-order valence-corrected chi connectivity index (χ2v) is 6.13. The van der Waals surface area contributed by atoms with Crippen LogP contribution in [-0.2, 0) is 6.54 Å². The quantitative estimate of drug-likeness (QED) is 0.713. The van der Waals surface area contributed by atoms with Crippen LogP contribution in [0.3, 0.4) is 0 Å². The average molecular weight is 369 g/mol. The lowest BCUT2D eigenvalue weighted by Crippen LogP contribution is -2.19. The van der Waals surface area contributed by atoms with Crippen molar-refractivity contribution in [2.24, 2.45) is 0 Å². The molecule has 0 aliphatic rings. The first-order valence-electron chi connectivity index (χ1n) is 7.31. The Morgan fingerprint density at radius 2 is 1.87 bits per heavy atom. The van der Waals surface area contributed by atoms with E-state index in [1.165, 1.54) is 5.56 Å². The first-order valence-corrected chi connectivity index (χ1v) is 8.11. The summed E-state index contributed by atoms with van der Waals surface area (Å²) >= 11 is 3.47. The number of halogens is 1. The van der Waals surface area contributed by atoms with Gasteiger partial charge >= 0.3 is 0 Å². The molecule has 0 unspecified atom stereocenters. The van der Waals surface area contributed by atoms with Gasteiger partial charge in [-0.15, -0.1) is 0 Å². The summed E-state index contributed by atoms with van der Waals surface area (Å²) in [6, 6.07) is 20.1. The Bertz CT molecular complexity index is 777. The van der Waals surface area contributed by atoms with E-state index in [2.05, 4.69) is 43.3 Å². The molecule has 0 aliphatic heterocycles. The highest BCUT2D eigenvalue weighted by Gasteiger charge is 2.06. The summed E-state index contributed by atoms with van der Waals surface area (Å²) < 4.78 is 1.03. The maximum atomic E-state index is 4.58. The van der Waals surface area contributed by atoms with Gasteiger partial charge in [0, 0.05) is 29.9 Å². The van der Waals surface area contributed by atoms with Crippen molar-refractivity contribution in [3.05, 3.63) is 76.9 Å². The third-order valence-corrected chi connectivity index (χ3v) is 3.84. The maximum Gasteiger partial charge on any atom is 0.227 e. The third-order valence-electron chi connectivity index (χ3n) is 3.34. The van der Waals surface area contributed by atoms with Gasteiger partial charge in [-0.05, 0) is 29.8 Å². The van der Waals surface area contributed by atoms with E-state index < -0.39 is 0 Å². The zero-order valence-electron chi connectivity index (χ0n) is 12.8. The molecule has 0 amide bonds. The summed E-state index contributed by atoms with van der Waals surface area (Å²) in [6.07, 6.45) is 1.77. The van der Waals surface area contributed by atoms with Gasteiger partial charge in [0.05, 0.1) is 0 Å². The van der Waals surface area contributed by atoms with Crippen LogP contribution in [0, 0.1) is 0 Å². The van der Waals surface area contributed by atoms with Crippen molar-refractivity contribution >= 4 is 33.4 Å². The van der Waals surface area contributed by atoms with Gasteiger partial charge in [-0.2, -0.15) is 4.98 Å². The van der Waals surface area contributed by atoms with Gasteiger partial charge in [0.2, 0.25) is 5.95 Å². The molecule has 1 N–H and O–H groups in total. The van der Waals surface area contributed by atoms with Crippen LogP contribution in [0.4, 0.5) is 17.5 Å². The Labute approximate surface area is 144 Å². The van der Waals surface area contributed by atoms with E-state index in [1.54, 1.807) is 6.20 Å². The average Bonchev–Trinajstić information content (AvgIpc) is 2.56. The summed E-state index contributed by atoms with van der Waals surface area (Å²) in [5.41, 5.74) is 2.21. The summed E-state index contributed by atoms with van der Waals surface area (Å²) in [5.74, 6) is 1.46. The van der Waals surface area contributed by atoms with E-state index in [0.29, 0.717) is 5.95 Å². The van der Waals surface area contributed by atoms with Crippen molar-refractivity contribution < 1.29 is 0 Å². The SMILES string of the molecule is CN(Cc1ccccc1)c1nccc(Nc2cccc(Br)c2)n1. The molecule has 1 heterocycles. The fourth-order valence-electron chi connectivity index (χ4n) is 2.24. The number of anilines is 3. The predicted molar refractivity (Wildman–Crippen MR) is 98.0 cm³/mol. The molecular formula is C18H17BrN4. The lowest BCUT2D eigenvalue weighted by Gasteiger charge is -2.17. The number of nitrogens with one attached hydrogen (secondary N) is 1. The van der Waals surface area contributed by atoms with Gasteiger partial charge in [-0.25, -0.2) is 4.98 Å². The number of hydrogen-bond acceptors (Lipinski definition) is 4. The van der Waals surface area contributed by atoms with Crippen LogP contribution in [0.15, 0.2) is 71.3 Å². The maximum absolute atomic E-state index is 4.58. The van der Waals surface area contributed by atoms with Gasteiger partial charge in [0.15, 0.2) is 0 Å². The Morgan fingerprint density at radius 3 is 2.65 bits per heavy atom. The molecule has 0 bridgehead atoms. The van der Waals surface area contributed by atoms with Gasteiger partial charge in [-0.3, -0.25) is 0 Å². The Balaban J connectivity index is 1.74. The van der Waals surface area contributed by atoms with Crippen LogP contribution < -0.4 is 10.2 Å². The molecule has 0 spiro atoms. The van der Waals surface area contributed by atoms with Crippen molar-refractivity contribution in [3.63, 3.8) is 0 Å². The highest BCUT2D eigenvalue weighted by molar-refractivity contribution is 9.10. The third kappa shape index (κ3) is 4.29. The van der Waals surface area contributed by atoms with Crippen LogP contribution in [0.1, 0.15) is 5.56 Å². The lowest BCUT2D eigenvalue weighted by molar-refractivity contribution is 0.868. The molecule has 3 aromatic rings. The molecule has 1 aromatic heterocycles. The van der Waals surface area contributed by atoms with E-state index in [4.69, 9.17) is 0 Å². The van der Waals surface area contributed by atoms with Crippen molar-refractivity contribution in [3.8, 4) is 0 Å². The van der Waals surface area contributed by atoms with Gasteiger partial charge in [-0.1, -0.05) is 52.3 Å². The molecule has 0 atom stereocenters. The van der Waals surface area contributed by atoms with Crippen LogP contribution in [0.25, 0.3) is 0 Å². The minimum Gasteiger partial charge on any atom is -0.340 e. The topological polar surface area (TPSA) is 41.1 Å². The first kappa shape index (κ1) is 15.5. The minimum absolute atomic E-state index is 0.689. The zero-order valence-corrected chi connectivity index (χ0v) is 14.4. The van der Waals surface area contributed by atoms with E-state index in [0.717, 1.165) is 22.5 Å². The molecule has 0 saturated heterocycles. The number of rotatable bonds is 5. The van der Waals surface area contributed by atoms with E-state index in [-0.39, 0.29) is 0 Å². The molecule has 0 aliphatic carbocycles. The number of benzene rings is 2. The standard InChI is InChI=1S/C18H17BrN4/c1-23(13-14-6-3-2-4-7-14)18-20-11-10-17(22-18)21-16-9-5-8-15(19)12-16/h2-12H,13H2,1H3,(H,20,21,22). The fraction of sp³-hybridized carbons (Fsp3) is 0.111. The normalized spacial score (nSPS) is 10.3. The molecule has 23 heavy (non-hydrogen) atoms. The second kappa shape index (κ2) is 7.24. The zero-order chi connectivity index (χ0) is 16.1. The molecular weight excluding hydrogens is 352 g/mol.